The summed E-state index contributed by atoms with van der Waals surface area (Å²) in [4.78, 5) is 11.2. The minimum Gasteiger partial charge on any atom is -0.493 e. The van der Waals surface area contributed by atoms with Gasteiger partial charge in [0.15, 0.2) is 0 Å². The van der Waals surface area contributed by atoms with Crippen molar-refractivity contribution in [2.24, 2.45) is 0 Å². The number of hydrogen-bond acceptors (Lipinski definition) is 3. The Bertz CT molecular complexity index is 433. The van der Waals surface area contributed by atoms with Gasteiger partial charge in [0.1, 0.15) is 5.75 Å². The molecule has 0 spiro atoms. The molecular formula is C14H19NO3. The van der Waals surface area contributed by atoms with Crippen LogP contribution in [-0.4, -0.2) is 24.2 Å². The van der Waals surface area contributed by atoms with Gasteiger partial charge in [-0.1, -0.05) is 25.1 Å². The second-order valence-corrected chi connectivity index (χ2v) is 4.67. The van der Waals surface area contributed by atoms with Crippen LogP contribution in [0.2, 0.25) is 0 Å². The van der Waals surface area contributed by atoms with E-state index in [1.165, 1.54) is 0 Å². The molecule has 0 radical (unpaired) electrons. The topological polar surface area (TPSA) is 58.6 Å². The monoisotopic (exact) mass is 249 g/mol. The molecule has 4 nitrogen and oxygen atoms in total. The number of fused-ring (bicyclic) bond motifs is 1. The zero-order chi connectivity index (χ0) is 13.0. The number of nitrogens with one attached hydrogen (secondary N) is 1. The van der Waals surface area contributed by atoms with Gasteiger partial charge in [0, 0.05) is 12.0 Å². The summed E-state index contributed by atoms with van der Waals surface area (Å²) in [6, 6.07) is 7.70. The van der Waals surface area contributed by atoms with E-state index in [2.05, 4.69) is 12.2 Å². The fourth-order valence-corrected chi connectivity index (χ4v) is 2.51. The molecule has 2 N–H and O–H groups in total. The maximum Gasteiger partial charge on any atom is 0.305 e. The van der Waals surface area contributed by atoms with Gasteiger partial charge in [0.25, 0.3) is 0 Å². The Hall–Kier alpha value is -1.55. The molecule has 18 heavy (non-hydrogen) atoms. The van der Waals surface area contributed by atoms with Crippen molar-refractivity contribution in [1.82, 2.24) is 5.32 Å². The van der Waals surface area contributed by atoms with Crippen molar-refractivity contribution >= 4 is 5.97 Å². The van der Waals surface area contributed by atoms with Crippen LogP contribution < -0.4 is 10.1 Å². The largest absolute Gasteiger partial charge is 0.493 e. The maximum absolute atomic E-state index is 11.2. The van der Waals surface area contributed by atoms with Gasteiger partial charge < -0.3 is 15.2 Å². The summed E-state index contributed by atoms with van der Waals surface area (Å²) in [5.41, 5.74) is 0.476. The van der Waals surface area contributed by atoms with Crippen LogP contribution in [0.25, 0.3) is 0 Å². The first-order valence-electron chi connectivity index (χ1n) is 6.37. The summed E-state index contributed by atoms with van der Waals surface area (Å²) in [5, 5.41) is 12.6. The Balaban J connectivity index is 2.37. The van der Waals surface area contributed by atoms with Crippen molar-refractivity contribution < 1.29 is 14.6 Å². The highest BCUT2D eigenvalue weighted by atomic mass is 16.5. The van der Waals surface area contributed by atoms with Crippen molar-refractivity contribution in [2.45, 2.75) is 31.7 Å². The van der Waals surface area contributed by atoms with Gasteiger partial charge in [-0.2, -0.15) is 0 Å². The van der Waals surface area contributed by atoms with Crippen LogP contribution in [0, 0.1) is 0 Å². The molecule has 0 amide bonds. The van der Waals surface area contributed by atoms with E-state index in [0.717, 1.165) is 24.3 Å². The Morgan fingerprint density at radius 1 is 1.50 bits per heavy atom. The minimum atomic E-state index is -0.782. The third-order valence-corrected chi connectivity index (χ3v) is 3.36. The molecule has 1 heterocycles. The summed E-state index contributed by atoms with van der Waals surface area (Å²) in [5.74, 6) is 0.0175. The van der Waals surface area contributed by atoms with Crippen LogP contribution in [-0.2, 0) is 10.3 Å². The van der Waals surface area contributed by atoms with Crippen molar-refractivity contribution in [3.8, 4) is 5.75 Å². The van der Waals surface area contributed by atoms with Gasteiger partial charge in [-0.05, 0) is 19.0 Å². The van der Waals surface area contributed by atoms with Crippen LogP contribution in [0.3, 0.4) is 0 Å². The first kappa shape index (κ1) is 12.9. The SMILES string of the molecule is CCCNC1(CC(=O)O)CCOc2ccccc21. The van der Waals surface area contributed by atoms with Gasteiger partial charge in [-0.15, -0.1) is 0 Å². The molecule has 0 saturated carbocycles. The minimum absolute atomic E-state index is 0.0906. The number of carboxylic acid groups (broad SMARTS) is 1. The molecule has 98 valence electrons. The highest BCUT2D eigenvalue weighted by Gasteiger charge is 2.38. The molecule has 1 atom stereocenters. The lowest BCUT2D eigenvalue weighted by Gasteiger charge is -2.38. The molecule has 0 aromatic heterocycles. The predicted octanol–water partition coefficient (Wildman–Crippen LogP) is 2.14. The van der Waals surface area contributed by atoms with E-state index in [1.807, 2.05) is 24.3 Å². The summed E-state index contributed by atoms with van der Waals surface area (Å²) < 4.78 is 5.61. The second kappa shape index (κ2) is 5.40. The van der Waals surface area contributed by atoms with E-state index in [1.54, 1.807) is 0 Å². The lowest BCUT2D eigenvalue weighted by Crippen LogP contribution is -2.47. The zero-order valence-corrected chi connectivity index (χ0v) is 10.6. The number of rotatable bonds is 5. The van der Waals surface area contributed by atoms with E-state index in [0.29, 0.717) is 13.0 Å². The first-order chi connectivity index (χ1) is 8.68. The van der Waals surface area contributed by atoms with Gasteiger partial charge in [0.2, 0.25) is 0 Å². The highest BCUT2D eigenvalue weighted by Crippen LogP contribution is 2.39. The average Bonchev–Trinajstić information content (AvgIpc) is 2.36. The molecular weight excluding hydrogens is 230 g/mol. The number of carbonyl (C=O) groups is 1. The number of aliphatic carboxylic acids is 1. The van der Waals surface area contributed by atoms with E-state index in [-0.39, 0.29) is 6.42 Å². The molecule has 0 fully saturated rings. The molecule has 0 bridgehead atoms. The lowest BCUT2D eigenvalue weighted by molar-refractivity contribution is -0.139. The first-order valence-corrected chi connectivity index (χ1v) is 6.37. The quantitative estimate of drug-likeness (QED) is 0.839. The highest BCUT2D eigenvalue weighted by molar-refractivity contribution is 5.69. The molecule has 1 aliphatic rings. The van der Waals surface area contributed by atoms with Crippen molar-refractivity contribution in [3.05, 3.63) is 29.8 Å². The number of carboxylic acids is 1. The van der Waals surface area contributed by atoms with E-state index >= 15 is 0 Å². The molecule has 0 aliphatic carbocycles. The van der Waals surface area contributed by atoms with Crippen LogP contribution >= 0.6 is 0 Å². The van der Waals surface area contributed by atoms with Gasteiger partial charge in [-0.3, -0.25) is 4.79 Å². The Labute approximate surface area is 107 Å². The Morgan fingerprint density at radius 3 is 3.00 bits per heavy atom. The molecule has 1 aliphatic heterocycles. The zero-order valence-electron chi connectivity index (χ0n) is 10.6. The number of hydrogen-bond donors (Lipinski definition) is 2. The normalized spacial score (nSPS) is 22.1. The lowest BCUT2D eigenvalue weighted by atomic mass is 9.81. The van der Waals surface area contributed by atoms with Crippen molar-refractivity contribution in [3.63, 3.8) is 0 Å². The smallest absolute Gasteiger partial charge is 0.305 e. The fraction of sp³-hybridized carbons (Fsp3) is 0.500. The molecule has 1 aromatic carbocycles. The summed E-state index contributed by atoms with van der Waals surface area (Å²) in [7, 11) is 0. The summed E-state index contributed by atoms with van der Waals surface area (Å²) >= 11 is 0. The molecule has 0 saturated heterocycles. The van der Waals surface area contributed by atoms with E-state index in [4.69, 9.17) is 4.74 Å². The van der Waals surface area contributed by atoms with E-state index < -0.39 is 11.5 Å². The van der Waals surface area contributed by atoms with Crippen LogP contribution in [0.1, 0.15) is 31.7 Å². The second-order valence-electron chi connectivity index (χ2n) is 4.67. The standard InChI is InChI=1S/C14H19NO3/c1-2-8-15-14(10-13(16)17)7-9-18-12-6-4-3-5-11(12)14/h3-6,15H,2,7-10H2,1H3,(H,16,17). The van der Waals surface area contributed by atoms with Gasteiger partial charge in [0.05, 0.1) is 18.6 Å². The Morgan fingerprint density at radius 2 is 2.28 bits per heavy atom. The van der Waals surface area contributed by atoms with Gasteiger partial charge >= 0.3 is 5.97 Å². The molecule has 1 aromatic rings. The van der Waals surface area contributed by atoms with Crippen LogP contribution in [0.5, 0.6) is 5.75 Å². The van der Waals surface area contributed by atoms with Crippen LogP contribution in [0.4, 0.5) is 0 Å². The van der Waals surface area contributed by atoms with Gasteiger partial charge in [-0.25, -0.2) is 0 Å². The number of ether oxygens (including phenoxy) is 1. The number of benzene rings is 1. The third kappa shape index (κ3) is 2.48. The predicted molar refractivity (Wildman–Crippen MR) is 68.8 cm³/mol. The molecule has 1 unspecified atom stereocenters. The summed E-state index contributed by atoms with van der Waals surface area (Å²) in [6.45, 7) is 3.44. The van der Waals surface area contributed by atoms with Crippen LogP contribution in [0.15, 0.2) is 24.3 Å². The molecule has 4 heteroatoms. The average molecular weight is 249 g/mol. The Kier molecular flexibility index (Phi) is 3.87. The van der Waals surface area contributed by atoms with Crippen molar-refractivity contribution in [2.75, 3.05) is 13.2 Å². The summed E-state index contributed by atoms with van der Waals surface area (Å²) in [6.07, 6.45) is 1.76. The van der Waals surface area contributed by atoms with E-state index in [9.17, 15) is 9.90 Å². The maximum atomic E-state index is 11.2. The number of para-hydroxylation sites is 1. The fourth-order valence-electron chi connectivity index (χ4n) is 2.51. The third-order valence-electron chi connectivity index (χ3n) is 3.36. The van der Waals surface area contributed by atoms with Crippen molar-refractivity contribution in [1.29, 1.82) is 0 Å². The molecule has 2 rings (SSSR count).